The van der Waals surface area contributed by atoms with E-state index in [2.05, 4.69) is 10.5 Å². The molecule has 1 N–H and O–H groups in total. The van der Waals surface area contributed by atoms with Gasteiger partial charge in [-0.2, -0.15) is 0 Å². The number of benzene rings is 2. The number of rotatable bonds is 5. The summed E-state index contributed by atoms with van der Waals surface area (Å²) in [6.45, 7) is 1.64. The molecule has 1 aromatic heterocycles. The van der Waals surface area contributed by atoms with E-state index in [9.17, 15) is 13.6 Å². The van der Waals surface area contributed by atoms with E-state index in [4.69, 9.17) is 4.84 Å². The van der Waals surface area contributed by atoms with Crippen LogP contribution in [0.5, 0.6) is 0 Å². The zero-order valence-electron chi connectivity index (χ0n) is 16.2. The van der Waals surface area contributed by atoms with Gasteiger partial charge < -0.3 is 10.2 Å². The molecule has 0 unspecified atom stereocenters. The lowest BCUT2D eigenvalue weighted by Gasteiger charge is -2.21. The minimum Gasteiger partial charge on any atom is -0.392 e. The van der Waals surface area contributed by atoms with Crippen LogP contribution in [0.2, 0.25) is 0 Å². The molecule has 5 nitrogen and oxygen atoms in total. The van der Waals surface area contributed by atoms with Crippen molar-refractivity contribution < 1.29 is 13.6 Å². The third-order valence-corrected chi connectivity index (χ3v) is 4.98. The van der Waals surface area contributed by atoms with Crippen molar-refractivity contribution in [2.75, 3.05) is 13.1 Å². The Hall–Kier alpha value is -3.32. The summed E-state index contributed by atoms with van der Waals surface area (Å²) in [4.78, 5) is 18.1. The number of halogens is 2. The number of pyridine rings is 1. The van der Waals surface area contributed by atoms with Crippen molar-refractivity contribution in [1.82, 2.24) is 9.88 Å². The van der Waals surface area contributed by atoms with Gasteiger partial charge in [0.2, 0.25) is 0 Å². The number of hydrogen-bond acceptors (Lipinski definition) is 4. The molecule has 2 aromatic carbocycles. The standard InChI is InChI=1S/C23H21F2N3O2/c24-17-7-8-20(21(25)14-17)23(27-30-19-10-12-26-13-11-19)16-6-9-22(29)28(15-16)18-4-2-1-3-5-18/h1-9,14-15,19,26H,10-13H2. The van der Waals surface area contributed by atoms with Gasteiger partial charge in [-0.05, 0) is 56.3 Å². The highest BCUT2D eigenvalue weighted by molar-refractivity contribution is 6.12. The Kier molecular flexibility index (Phi) is 5.99. The predicted molar refractivity (Wildman–Crippen MR) is 111 cm³/mol. The van der Waals surface area contributed by atoms with Crippen LogP contribution in [-0.2, 0) is 4.84 Å². The van der Waals surface area contributed by atoms with Gasteiger partial charge in [0.15, 0.2) is 0 Å². The topological polar surface area (TPSA) is 55.6 Å². The fourth-order valence-corrected chi connectivity index (χ4v) is 3.38. The molecule has 1 saturated heterocycles. The summed E-state index contributed by atoms with van der Waals surface area (Å²) in [7, 11) is 0. The average molecular weight is 409 g/mol. The van der Waals surface area contributed by atoms with Crippen LogP contribution in [-0.4, -0.2) is 29.5 Å². The largest absolute Gasteiger partial charge is 0.392 e. The van der Waals surface area contributed by atoms with Crippen LogP contribution in [0.4, 0.5) is 8.78 Å². The van der Waals surface area contributed by atoms with Gasteiger partial charge in [0.1, 0.15) is 23.5 Å². The molecular weight excluding hydrogens is 388 g/mol. The van der Waals surface area contributed by atoms with E-state index in [-0.39, 0.29) is 22.9 Å². The van der Waals surface area contributed by atoms with Gasteiger partial charge in [-0.25, -0.2) is 8.78 Å². The van der Waals surface area contributed by atoms with Crippen molar-refractivity contribution in [2.45, 2.75) is 18.9 Å². The Bertz CT molecular complexity index is 1110. The number of nitrogens with one attached hydrogen (secondary N) is 1. The number of aromatic nitrogens is 1. The molecule has 0 spiro atoms. The fraction of sp³-hybridized carbons (Fsp3) is 0.217. The summed E-state index contributed by atoms with van der Waals surface area (Å²) in [5, 5.41) is 7.50. The summed E-state index contributed by atoms with van der Waals surface area (Å²) in [6.07, 6.45) is 3.06. The number of nitrogens with zero attached hydrogens (tertiary/aromatic N) is 2. The molecule has 0 bridgehead atoms. The van der Waals surface area contributed by atoms with Crippen molar-refractivity contribution in [2.24, 2.45) is 5.16 Å². The maximum absolute atomic E-state index is 14.6. The maximum atomic E-state index is 14.6. The van der Waals surface area contributed by atoms with Crippen LogP contribution in [0, 0.1) is 11.6 Å². The molecule has 3 aromatic rings. The molecule has 1 aliphatic heterocycles. The second-order valence-electron chi connectivity index (χ2n) is 7.08. The first-order valence-electron chi connectivity index (χ1n) is 9.80. The van der Waals surface area contributed by atoms with E-state index in [1.807, 2.05) is 18.2 Å². The van der Waals surface area contributed by atoms with E-state index in [1.165, 1.54) is 22.8 Å². The second kappa shape index (κ2) is 9.00. The summed E-state index contributed by atoms with van der Waals surface area (Å²) in [5.74, 6) is -1.43. The zero-order chi connectivity index (χ0) is 20.9. The summed E-state index contributed by atoms with van der Waals surface area (Å²) in [5.41, 5.74) is 1.22. The van der Waals surface area contributed by atoms with E-state index in [0.29, 0.717) is 11.3 Å². The Morgan fingerprint density at radius 1 is 1.03 bits per heavy atom. The van der Waals surface area contributed by atoms with Crippen molar-refractivity contribution in [3.63, 3.8) is 0 Å². The van der Waals surface area contributed by atoms with Gasteiger partial charge in [-0.1, -0.05) is 23.4 Å². The quantitative estimate of drug-likeness (QED) is 0.517. The highest BCUT2D eigenvalue weighted by Gasteiger charge is 2.18. The molecule has 0 atom stereocenters. The first-order chi connectivity index (χ1) is 14.6. The lowest BCUT2D eigenvalue weighted by molar-refractivity contribution is 0.0378. The summed E-state index contributed by atoms with van der Waals surface area (Å²) >= 11 is 0. The molecule has 0 aliphatic carbocycles. The number of para-hydroxylation sites is 1. The molecule has 1 fully saturated rings. The van der Waals surface area contributed by atoms with Crippen LogP contribution in [0.1, 0.15) is 24.0 Å². The van der Waals surface area contributed by atoms with Crippen LogP contribution >= 0.6 is 0 Å². The first kappa shape index (κ1) is 20.0. The first-order valence-corrected chi connectivity index (χ1v) is 9.80. The number of hydrogen-bond donors (Lipinski definition) is 1. The third-order valence-electron chi connectivity index (χ3n) is 4.98. The van der Waals surface area contributed by atoms with Crippen molar-refractivity contribution in [3.05, 3.63) is 100.0 Å². The Balaban J connectivity index is 1.78. The molecule has 1 aliphatic rings. The monoisotopic (exact) mass is 409 g/mol. The lowest BCUT2D eigenvalue weighted by atomic mass is 10.0. The highest BCUT2D eigenvalue weighted by Crippen LogP contribution is 2.18. The lowest BCUT2D eigenvalue weighted by Crippen LogP contribution is -2.31. The molecule has 0 radical (unpaired) electrons. The van der Waals surface area contributed by atoms with Crippen LogP contribution in [0.3, 0.4) is 0 Å². The van der Waals surface area contributed by atoms with Crippen molar-refractivity contribution in [1.29, 1.82) is 0 Å². The van der Waals surface area contributed by atoms with Gasteiger partial charge >= 0.3 is 0 Å². The highest BCUT2D eigenvalue weighted by atomic mass is 19.1. The van der Waals surface area contributed by atoms with Gasteiger partial charge in [-0.15, -0.1) is 0 Å². The zero-order valence-corrected chi connectivity index (χ0v) is 16.2. The average Bonchev–Trinajstić information content (AvgIpc) is 2.77. The minimum atomic E-state index is -0.750. The van der Waals surface area contributed by atoms with Crippen molar-refractivity contribution >= 4 is 5.71 Å². The third kappa shape index (κ3) is 4.46. The van der Waals surface area contributed by atoms with E-state index in [0.717, 1.165) is 32.0 Å². The Morgan fingerprint density at radius 2 is 1.80 bits per heavy atom. The molecule has 2 heterocycles. The second-order valence-corrected chi connectivity index (χ2v) is 7.08. The number of oxime groups is 1. The smallest absolute Gasteiger partial charge is 0.255 e. The van der Waals surface area contributed by atoms with Crippen LogP contribution in [0.15, 0.2) is 76.8 Å². The molecule has 154 valence electrons. The van der Waals surface area contributed by atoms with E-state index >= 15 is 0 Å². The molecule has 0 saturated carbocycles. The van der Waals surface area contributed by atoms with Gasteiger partial charge in [0, 0.05) is 35.1 Å². The minimum absolute atomic E-state index is 0.0928. The normalized spacial score (nSPS) is 15.2. The number of piperidine rings is 1. The molecule has 0 amide bonds. The van der Waals surface area contributed by atoms with Gasteiger partial charge in [0.05, 0.1) is 0 Å². The fourth-order valence-electron chi connectivity index (χ4n) is 3.38. The molecule has 7 heteroatoms. The van der Waals surface area contributed by atoms with Gasteiger partial charge in [-0.3, -0.25) is 9.36 Å². The van der Waals surface area contributed by atoms with Crippen LogP contribution in [0.25, 0.3) is 5.69 Å². The Morgan fingerprint density at radius 3 is 2.53 bits per heavy atom. The molecule has 4 rings (SSSR count). The summed E-state index contributed by atoms with van der Waals surface area (Å²) < 4.78 is 29.5. The van der Waals surface area contributed by atoms with Gasteiger partial charge in [0.25, 0.3) is 5.56 Å². The van der Waals surface area contributed by atoms with E-state index in [1.54, 1.807) is 24.4 Å². The predicted octanol–water partition coefficient (Wildman–Crippen LogP) is 3.64. The molecule has 30 heavy (non-hydrogen) atoms. The maximum Gasteiger partial charge on any atom is 0.255 e. The van der Waals surface area contributed by atoms with E-state index < -0.39 is 11.6 Å². The molecular formula is C23H21F2N3O2. The SMILES string of the molecule is O=c1ccc(C(=NOC2CCNCC2)c2ccc(F)cc2F)cn1-c1ccccc1. The van der Waals surface area contributed by atoms with Crippen molar-refractivity contribution in [3.8, 4) is 5.69 Å². The Labute approximate surface area is 172 Å². The van der Waals surface area contributed by atoms with Crippen LogP contribution < -0.4 is 10.9 Å². The summed E-state index contributed by atoms with van der Waals surface area (Å²) in [6, 6.07) is 15.4.